The first-order valence-electron chi connectivity index (χ1n) is 11.0. The summed E-state index contributed by atoms with van der Waals surface area (Å²) in [6, 6.07) is 8.51. The molecule has 0 aromatic heterocycles. The second-order valence-electron chi connectivity index (χ2n) is 9.58. The highest BCUT2D eigenvalue weighted by Crippen LogP contribution is 2.59. The van der Waals surface area contributed by atoms with Crippen molar-refractivity contribution in [1.29, 1.82) is 0 Å². The Hall–Kier alpha value is -2.16. The van der Waals surface area contributed by atoms with Crippen molar-refractivity contribution in [2.75, 3.05) is 6.54 Å². The van der Waals surface area contributed by atoms with Crippen molar-refractivity contribution in [2.45, 2.75) is 44.9 Å². The molecule has 3 heteroatoms. The lowest BCUT2D eigenvalue weighted by Gasteiger charge is -2.40. The summed E-state index contributed by atoms with van der Waals surface area (Å²) in [7, 11) is 0. The number of hydrogen-bond acceptors (Lipinski definition) is 2. The third-order valence-electron chi connectivity index (χ3n) is 8.15. The quantitative estimate of drug-likeness (QED) is 0.706. The third-order valence-corrected chi connectivity index (χ3v) is 8.15. The minimum absolute atomic E-state index is 0.287. The standard InChI is InChI=1S/C25H27NO2/c27-24-13-17-8-9-26(24)18(11-17)10-15-4-6-16(7-5-15)12-22-21-14-23(25(22)28)20-3-1-2-19(20)21/h4-7,10,12,17,19-21,23H,1-3,8-9,11,13-14H2. The van der Waals surface area contributed by atoms with Crippen LogP contribution in [0.1, 0.15) is 56.1 Å². The molecule has 144 valence electrons. The van der Waals surface area contributed by atoms with E-state index in [-0.39, 0.29) is 5.91 Å². The first kappa shape index (κ1) is 16.8. The first-order chi connectivity index (χ1) is 13.7. The number of carbonyl (C=O) groups excluding carboxylic acids is 2. The van der Waals surface area contributed by atoms with Crippen LogP contribution in [0.15, 0.2) is 35.5 Å². The molecular weight excluding hydrogens is 346 g/mol. The van der Waals surface area contributed by atoms with Crippen LogP contribution >= 0.6 is 0 Å². The van der Waals surface area contributed by atoms with Crippen molar-refractivity contribution in [3.63, 3.8) is 0 Å². The van der Waals surface area contributed by atoms with E-state index in [0.29, 0.717) is 29.5 Å². The molecule has 3 saturated heterocycles. The smallest absolute Gasteiger partial charge is 0.227 e. The highest BCUT2D eigenvalue weighted by molar-refractivity contribution is 6.05. The van der Waals surface area contributed by atoms with Crippen LogP contribution in [0.25, 0.3) is 12.2 Å². The van der Waals surface area contributed by atoms with Gasteiger partial charge in [0.05, 0.1) is 0 Å². The number of rotatable bonds is 2. The van der Waals surface area contributed by atoms with Crippen LogP contribution < -0.4 is 0 Å². The Bertz CT molecular complexity index is 909. The summed E-state index contributed by atoms with van der Waals surface area (Å²) in [5, 5.41) is 0. The zero-order chi connectivity index (χ0) is 18.8. The van der Waals surface area contributed by atoms with E-state index in [2.05, 4.69) is 36.4 Å². The molecule has 3 aliphatic heterocycles. The average molecular weight is 373 g/mol. The molecule has 5 unspecified atom stereocenters. The van der Waals surface area contributed by atoms with E-state index in [1.165, 1.54) is 25.0 Å². The van der Waals surface area contributed by atoms with Crippen molar-refractivity contribution >= 4 is 23.8 Å². The summed E-state index contributed by atoms with van der Waals surface area (Å²) < 4.78 is 0. The Morgan fingerprint density at radius 2 is 1.57 bits per heavy atom. The predicted octanol–water partition coefficient (Wildman–Crippen LogP) is 4.69. The van der Waals surface area contributed by atoms with Gasteiger partial charge in [-0.25, -0.2) is 0 Å². The fourth-order valence-electron chi connectivity index (χ4n) is 6.85. The third kappa shape index (κ3) is 2.48. The maximum Gasteiger partial charge on any atom is 0.227 e. The second-order valence-corrected chi connectivity index (χ2v) is 9.58. The molecule has 0 N–H and O–H groups in total. The van der Waals surface area contributed by atoms with E-state index in [0.717, 1.165) is 54.8 Å². The number of Topliss-reactive ketones (excluding diaryl/α,β-unsaturated/α-hetero) is 1. The van der Waals surface area contributed by atoms with Crippen LogP contribution in [0.5, 0.6) is 0 Å². The van der Waals surface area contributed by atoms with Crippen LogP contribution in [0.4, 0.5) is 0 Å². The molecule has 28 heavy (non-hydrogen) atoms. The number of fused-ring (bicyclic) bond motifs is 8. The molecule has 1 amide bonds. The number of piperidine rings is 3. The molecule has 1 aromatic carbocycles. The molecule has 6 fully saturated rings. The fourth-order valence-corrected chi connectivity index (χ4v) is 6.85. The monoisotopic (exact) mass is 373 g/mol. The number of nitrogens with zero attached hydrogens (tertiary/aromatic N) is 1. The number of carbonyl (C=O) groups is 2. The Balaban J connectivity index is 1.23. The summed E-state index contributed by atoms with van der Waals surface area (Å²) in [4.78, 5) is 26.9. The van der Waals surface area contributed by atoms with Crippen molar-refractivity contribution in [3.8, 4) is 0 Å². The first-order valence-corrected chi connectivity index (χ1v) is 11.0. The molecule has 0 radical (unpaired) electrons. The number of allylic oxidation sites excluding steroid dienone is 2. The van der Waals surface area contributed by atoms with Crippen molar-refractivity contribution in [1.82, 2.24) is 4.90 Å². The largest absolute Gasteiger partial charge is 0.316 e. The summed E-state index contributed by atoms with van der Waals surface area (Å²) >= 11 is 0. The molecule has 6 aliphatic rings. The van der Waals surface area contributed by atoms with Gasteiger partial charge in [-0.1, -0.05) is 30.7 Å². The zero-order valence-electron chi connectivity index (χ0n) is 16.3. The van der Waals surface area contributed by atoms with E-state index in [1.54, 1.807) is 0 Å². The molecule has 4 bridgehead atoms. The Kier molecular flexibility index (Phi) is 3.69. The Labute approximate surface area is 166 Å². The van der Waals surface area contributed by atoms with Gasteiger partial charge in [0.1, 0.15) is 0 Å². The van der Waals surface area contributed by atoms with Crippen LogP contribution in [0.2, 0.25) is 0 Å². The molecule has 0 spiro atoms. The molecular formula is C25H27NO2. The summed E-state index contributed by atoms with van der Waals surface area (Å²) in [6.07, 6.45) is 12.2. The van der Waals surface area contributed by atoms with E-state index in [1.807, 2.05) is 4.90 Å². The fraction of sp³-hybridized carbons (Fsp3) is 0.520. The predicted molar refractivity (Wildman–Crippen MR) is 109 cm³/mol. The van der Waals surface area contributed by atoms with Gasteiger partial charge in [0.2, 0.25) is 5.91 Å². The van der Waals surface area contributed by atoms with E-state index in [9.17, 15) is 9.59 Å². The molecule has 7 rings (SSSR count). The average Bonchev–Trinajstić information content (AvgIpc) is 3.37. The molecule has 1 aromatic rings. The molecule has 3 nitrogen and oxygen atoms in total. The lowest BCUT2D eigenvalue weighted by Crippen LogP contribution is -2.43. The molecule has 3 aliphatic carbocycles. The van der Waals surface area contributed by atoms with Gasteiger partial charge in [0.25, 0.3) is 0 Å². The zero-order valence-corrected chi connectivity index (χ0v) is 16.3. The lowest BCUT2D eigenvalue weighted by molar-refractivity contribution is -0.135. The number of amides is 1. The van der Waals surface area contributed by atoms with Gasteiger partial charge in [-0.15, -0.1) is 0 Å². The van der Waals surface area contributed by atoms with Gasteiger partial charge in [0.15, 0.2) is 5.78 Å². The summed E-state index contributed by atoms with van der Waals surface area (Å²) in [6.45, 7) is 0.881. The van der Waals surface area contributed by atoms with Crippen LogP contribution in [0, 0.1) is 29.6 Å². The van der Waals surface area contributed by atoms with Crippen molar-refractivity contribution in [3.05, 3.63) is 46.7 Å². The highest BCUT2D eigenvalue weighted by atomic mass is 16.2. The number of ketones is 1. The normalized spacial score (nSPS) is 38.9. The minimum atomic E-state index is 0.287. The molecule has 5 atom stereocenters. The summed E-state index contributed by atoms with van der Waals surface area (Å²) in [5.74, 6) is 3.55. The van der Waals surface area contributed by atoms with Gasteiger partial charge in [-0.3, -0.25) is 9.59 Å². The minimum Gasteiger partial charge on any atom is -0.316 e. The van der Waals surface area contributed by atoms with E-state index in [4.69, 9.17) is 0 Å². The van der Waals surface area contributed by atoms with Crippen LogP contribution in [-0.2, 0) is 9.59 Å². The second kappa shape index (κ2) is 6.17. The Morgan fingerprint density at radius 1 is 0.857 bits per heavy atom. The van der Waals surface area contributed by atoms with Gasteiger partial charge in [0, 0.05) is 24.6 Å². The van der Waals surface area contributed by atoms with E-state index < -0.39 is 0 Å². The lowest BCUT2D eigenvalue weighted by atomic mass is 9.78. The molecule has 3 heterocycles. The topological polar surface area (TPSA) is 37.4 Å². The number of benzene rings is 1. The molecule has 3 saturated carbocycles. The Morgan fingerprint density at radius 3 is 2.29 bits per heavy atom. The van der Waals surface area contributed by atoms with Gasteiger partial charge < -0.3 is 4.90 Å². The van der Waals surface area contributed by atoms with Crippen molar-refractivity contribution < 1.29 is 9.59 Å². The SMILES string of the molecule is O=C1C(=Cc2ccc(C=C3CC4CCN3C(=O)C4)cc2)C2CC1C1CCCC21. The van der Waals surface area contributed by atoms with Crippen LogP contribution in [0.3, 0.4) is 0 Å². The van der Waals surface area contributed by atoms with Crippen LogP contribution in [-0.4, -0.2) is 23.1 Å². The van der Waals surface area contributed by atoms with Crippen molar-refractivity contribution in [2.24, 2.45) is 29.6 Å². The maximum atomic E-state index is 12.8. The maximum absolute atomic E-state index is 12.8. The summed E-state index contributed by atoms with van der Waals surface area (Å²) in [5.41, 5.74) is 4.55. The van der Waals surface area contributed by atoms with Gasteiger partial charge in [-0.05, 0) is 84.6 Å². The van der Waals surface area contributed by atoms with Gasteiger partial charge >= 0.3 is 0 Å². The van der Waals surface area contributed by atoms with Gasteiger partial charge in [-0.2, -0.15) is 0 Å². The highest BCUT2D eigenvalue weighted by Gasteiger charge is 2.56. The number of hydrogen-bond donors (Lipinski definition) is 0. The van der Waals surface area contributed by atoms with E-state index >= 15 is 0 Å².